The van der Waals surface area contributed by atoms with E-state index in [-0.39, 0.29) is 5.91 Å². The van der Waals surface area contributed by atoms with E-state index in [0.29, 0.717) is 12.3 Å². The van der Waals surface area contributed by atoms with Gasteiger partial charge >= 0.3 is 0 Å². The average Bonchev–Trinajstić information content (AvgIpc) is 2.96. The second-order valence-electron chi connectivity index (χ2n) is 5.54. The predicted molar refractivity (Wildman–Crippen MR) is 87.9 cm³/mol. The van der Waals surface area contributed by atoms with Crippen molar-refractivity contribution in [2.45, 2.75) is 37.4 Å². The summed E-state index contributed by atoms with van der Waals surface area (Å²) in [7, 11) is 0. The number of rotatable bonds is 5. The molecular formula is C17H21NO2S. The van der Waals surface area contributed by atoms with Crippen LogP contribution < -0.4 is 5.32 Å². The molecule has 1 N–H and O–H groups in total. The number of para-hydroxylation sites is 1. The van der Waals surface area contributed by atoms with E-state index in [0.717, 1.165) is 22.0 Å². The van der Waals surface area contributed by atoms with Gasteiger partial charge in [0.1, 0.15) is 5.58 Å². The summed E-state index contributed by atoms with van der Waals surface area (Å²) in [5, 5.41) is 4.71. The highest BCUT2D eigenvalue weighted by atomic mass is 32.2. The Morgan fingerprint density at radius 2 is 2.05 bits per heavy atom. The zero-order valence-electron chi connectivity index (χ0n) is 12.1. The minimum atomic E-state index is -0.115. The molecule has 3 nitrogen and oxygen atoms in total. The third kappa shape index (κ3) is 3.82. The molecular weight excluding hydrogens is 282 g/mol. The highest BCUT2D eigenvalue weighted by Crippen LogP contribution is 2.27. The van der Waals surface area contributed by atoms with Crippen LogP contribution in [-0.2, 0) is 0 Å². The molecule has 1 aliphatic carbocycles. The van der Waals surface area contributed by atoms with Crippen molar-refractivity contribution in [3.05, 3.63) is 36.1 Å². The summed E-state index contributed by atoms with van der Waals surface area (Å²) in [4.78, 5) is 12.1. The maximum absolute atomic E-state index is 12.1. The molecule has 2 aromatic rings. The second kappa shape index (κ2) is 7.03. The van der Waals surface area contributed by atoms with Crippen molar-refractivity contribution in [3.63, 3.8) is 0 Å². The molecule has 3 rings (SSSR count). The Bertz CT molecular complexity index is 569. The van der Waals surface area contributed by atoms with Crippen LogP contribution in [0, 0.1) is 0 Å². The summed E-state index contributed by atoms with van der Waals surface area (Å²) in [6.07, 6.45) is 6.79. The van der Waals surface area contributed by atoms with Crippen molar-refractivity contribution in [2.24, 2.45) is 0 Å². The van der Waals surface area contributed by atoms with Crippen molar-refractivity contribution >= 4 is 28.6 Å². The van der Waals surface area contributed by atoms with E-state index in [9.17, 15) is 4.79 Å². The molecule has 0 saturated heterocycles. The van der Waals surface area contributed by atoms with Crippen LogP contribution >= 0.6 is 11.8 Å². The lowest BCUT2D eigenvalue weighted by Gasteiger charge is -2.20. The quantitative estimate of drug-likeness (QED) is 0.841. The van der Waals surface area contributed by atoms with Gasteiger partial charge in [0.2, 0.25) is 0 Å². The minimum absolute atomic E-state index is 0.115. The number of hydrogen-bond acceptors (Lipinski definition) is 3. The third-order valence-electron chi connectivity index (χ3n) is 3.94. The number of nitrogens with one attached hydrogen (secondary N) is 1. The van der Waals surface area contributed by atoms with Crippen LogP contribution in [0.25, 0.3) is 11.0 Å². The van der Waals surface area contributed by atoms with Gasteiger partial charge < -0.3 is 9.73 Å². The van der Waals surface area contributed by atoms with Crippen molar-refractivity contribution in [1.29, 1.82) is 0 Å². The number of carbonyl (C=O) groups excluding carboxylic acids is 1. The van der Waals surface area contributed by atoms with Crippen LogP contribution in [-0.4, -0.2) is 23.5 Å². The molecule has 0 bridgehead atoms. The number of fused-ring (bicyclic) bond motifs is 1. The number of carbonyl (C=O) groups is 1. The summed E-state index contributed by atoms with van der Waals surface area (Å²) < 4.78 is 5.56. The van der Waals surface area contributed by atoms with Crippen molar-refractivity contribution < 1.29 is 9.21 Å². The number of hydrogen-bond donors (Lipinski definition) is 1. The molecule has 0 spiro atoms. The molecule has 1 aromatic carbocycles. The van der Waals surface area contributed by atoms with E-state index in [1.807, 2.05) is 36.0 Å². The maximum atomic E-state index is 12.1. The normalized spacial score (nSPS) is 16.2. The molecule has 1 aromatic heterocycles. The molecule has 1 aliphatic rings. The standard InChI is InChI=1S/C17H21NO2S/c19-17(16-12-13-6-4-5-9-15(13)20-16)18-10-11-21-14-7-2-1-3-8-14/h4-6,9,12,14H,1-3,7-8,10-11H2,(H,18,19). The fourth-order valence-corrected chi connectivity index (χ4v) is 4.02. The number of furan rings is 1. The first-order valence-electron chi connectivity index (χ1n) is 7.71. The van der Waals surface area contributed by atoms with Gasteiger partial charge in [0, 0.05) is 22.9 Å². The first-order valence-corrected chi connectivity index (χ1v) is 8.76. The molecule has 1 fully saturated rings. The lowest BCUT2D eigenvalue weighted by atomic mass is 10.0. The summed E-state index contributed by atoms with van der Waals surface area (Å²) in [5.41, 5.74) is 0.763. The van der Waals surface area contributed by atoms with E-state index in [4.69, 9.17) is 4.42 Å². The fourth-order valence-electron chi connectivity index (χ4n) is 2.80. The first kappa shape index (κ1) is 14.5. The molecule has 112 valence electrons. The fraction of sp³-hybridized carbons (Fsp3) is 0.471. The van der Waals surface area contributed by atoms with Crippen LogP contribution in [0.1, 0.15) is 42.7 Å². The molecule has 1 amide bonds. The van der Waals surface area contributed by atoms with Gasteiger partial charge in [0.15, 0.2) is 5.76 Å². The number of thioether (sulfide) groups is 1. The smallest absolute Gasteiger partial charge is 0.287 e. The zero-order chi connectivity index (χ0) is 14.5. The van der Waals surface area contributed by atoms with Gasteiger partial charge in [-0.25, -0.2) is 0 Å². The van der Waals surface area contributed by atoms with E-state index < -0.39 is 0 Å². The molecule has 4 heteroatoms. The molecule has 0 atom stereocenters. The minimum Gasteiger partial charge on any atom is -0.451 e. The summed E-state index contributed by atoms with van der Waals surface area (Å²) in [5.74, 6) is 1.27. The Balaban J connectivity index is 1.45. The van der Waals surface area contributed by atoms with Gasteiger partial charge in [-0.15, -0.1) is 0 Å². The van der Waals surface area contributed by atoms with Gasteiger partial charge in [-0.3, -0.25) is 4.79 Å². The molecule has 1 saturated carbocycles. The lowest BCUT2D eigenvalue weighted by molar-refractivity contribution is 0.0930. The second-order valence-corrected chi connectivity index (χ2v) is 6.94. The highest BCUT2D eigenvalue weighted by molar-refractivity contribution is 7.99. The van der Waals surface area contributed by atoms with Gasteiger partial charge in [-0.05, 0) is 25.0 Å². The van der Waals surface area contributed by atoms with Gasteiger partial charge in [0.05, 0.1) is 0 Å². The van der Waals surface area contributed by atoms with Crippen LogP contribution in [0.4, 0.5) is 0 Å². The Morgan fingerprint density at radius 1 is 1.24 bits per heavy atom. The van der Waals surface area contributed by atoms with Crippen LogP contribution in [0.3, 0.4) is 0 Å². The van der Waals surface area contributed by atoms with Crippen molar-refractivity contribution in [2.75, 3.05) is 12.3 Å². The monoisotopic (exact) mass is 303 g/mol. The van der Waals surface area contributed by atoms with E-state index >= 15 is 0 Å². The molecule has 0 unspecified atom stereocenters. The van der Waals surface area contributed by atoms with Gasteiger partial charge in [-0.1, -0.05) is 37.5 Å². The van der Waals surface area contributed by atoms with Crippen molar-refractivity contribution in [1.82, 2.24) is 5.32 Å². The summed E-state index contributed by atoms with van der Waals surface area (Å²) in [6.45, 7) is 0.705. The van der Waals surface area contributed by atoms with Crippen LogP contribution in [0.2, 0.25) is 0 Å². The number of amides is 1. The zero-order valence-corrected chi connectivity index (χ0v) is 13.0. The lowest BCUT2D eigenvalue weighted by Crippen LogP contribution is -2.26. The average molecular weight is 303 g/mol. The maximum Gasteiger partial charge on any atom is 0.287 e. The Morgan fingerprint density at radius 3 is 2.86 bits per heavy atom. The van der Waals surface area contributed by atoms with E-state index in [1.165, 1.54) is 32.1 Å². The van der Waals surface area contributed by atoms with E-state index in [1.54, 1.807) is 6.07 Å². The Labute approximate surface area is 129 Å². The molecule has 1 heterocycles. The third-order valence-corrected chi connectivity index (χ3v) is 5.33. The molecule has 21 heavy (non-hydrogen) atoms. The molecule has 0 aliphatic heterocycles. The Hall–Kier alpha value is -1.42. The molecule has 0 radical (unpaired) electrons. The summed E-state index contributed by atoms with van der Waals surface area (Å²) in [6, 6.07) is 9.49. The number of benzene rings is 1. The topological polar surface area (TPSA) is 42.2 Å². The first-order chi connectivity index (χ1) is 10.3. The highest BCUT2D eigenvalue weighted by Gasteiger charge is 2.14. The SMILES string of the molecule is O=C(NCCSC1CCCCC1)c1cc2ccccc2o1. The van der Waals surface area contributed by atoms with Crippen LogP contribution in [0.15, 0.2) is 34.7 Å². The van der Waals surface area contributed by atoms with Gasteiger partial charge in [0.25, 0.3) is 5.91 Å². The van der Waals surface area contributed by atoms with Gasteiger partial charge in [-0.2, -0.15) is 11.8 Å². The van der Waals surface area contributed by atoms with Crippen molar-refractivity contribution in [3.8, 4) is 0 Å². The van der Waals surface area contributed by atoms with Crippen LogP contribution in [0.5, 0.6) is 0 Å². The van der Waals surface area contributed by atoms with E-state index in [2.05, 4.69) is 5.32 Å². The predicted octanol–water partition coefficient (Wildman–Crippen LogP) is 4.23. The Kier molecular flexibility index (Phi) is 4.86. The summed E-state index contributed by atoms with van der Waals surface area (Å²) >= 11 is 1.99. The largest absolute Gasteiger partial charge is 0.451 e.